The molecule has 220 valence electrons. The van der Waals surface area contributed by atoms with Crippen LogP contribution in [0, 0.1) is 17.8 Å². The van der Waals surface area contributed by atoms with Crippen LogP contribution >= 0.6 is 15.9 Å². The van der Waals surface area contributed by atoms with E-state index in [1.54, 1.807) is 24.3 Å². The molecule has 0 radical (unpaired) electrons. The first kappa shape index (κ1) is 27.8. The molecule has 2 heterocycles. The normalized spacial score (nSPS) is 27.0. The number of rotatable bonds is 4. The first-order chi connectivity index (χ1) is 20.8. The number of nitrogens with zero attached hydrogens (tertiary/aromatic N) is 2. The van der Waals surface area contributed by atoms with E-state index in [9.17, 15) is 24.3 Å². The fraction of sp³-hybridized carbons (Fsp3) is 0.333. The van der Waals surface area contributed by atoms with Crippen LogP contribution in [0.25, 0.3) is 0 Å². The van der Waals surface area contributed by atoms with Gasteiger partial charge >= 0.3 is 0 Å². The lowest BCUT2D eigenvalue weighted by molar-refractivity contribution is -0.123. The predicted molar refractivity (Wildman–Crippen MR) is 161 cm³/mol. The Morgan fingerprint density at radius 2 is 1.67 bits per heavy atom. The molecule has 4 atom stereocenters. The Kier molecular flexibility index (Phi) is 6.85. The molecular formula is C33H29BrN2O7. The number of phenols is 1. The number of allylic oxidation sites excluding steroid dienone is 6. The molecule has 0 unspecified atom stereocenters. The Balaban J connectivity index is 1.29. The molecule has 2 aliphatic heterocycles. The number of ether oxygens (including phenoxy) is 2. The topological polar surface area (TPSA) is 113 Å². The summed E-state index contributed by atoms with van der Waals surface area (Å²) in [6, 6.07) is 12.3. The lowest BCUT2D eigenvalue weighted by atomic mass is 9.59. The second kappa shape index (κ2) is 10.6. The molecule has 10 heteroatoms. The zero-order valence-corrected chi connectivity index (χ0v) is 25.0. The van der Waals surface area contributed by atoms with E-state index in [0.29, 0.717) is 42.2 Å². The summed E-state index contributed by atoms with van der Waals surface area (Å²) in [5.74, 6) is -3.60. The number of amides is 2. The molecule has 0 saturated carbocycles. The highest BCUT2D eigenvalue weighted by Gasteiger charge is 2.57. The third-order valence-corrected chi connectivity index (χ3v) is 9.96. The number of halogens is 1. The minimum absolute atomic E-state index is 0.0791. The Bertz CT molecular complexity index is 1670. The van der Waals surface area contributed by atoms with Gasteiger partial charge in [0.15, 0.2) is 11.6 Å². The van der Waals surface area contributed by atoms with Crippen LogP contribution in [0.15, 0.2) is 75.8 Å². The summed E-state index contributed by atoms with van der Waals surface area (Å²) in [5.41, 5.74) is 3.20. The third kappa shape index (κ3) is 4.30. The van der Waals surface area contributed by atoms with Crippen molar-refractivity contribution in [3.05, 3.63) is 81.4 Å². The first-order valence-corrected chi connectivity index (χ1v) is 15.1. The summed E-state index contributed by atoms with van der Waals surface area (Å²) in [7, 11) is 1.48. The number of ketones is 2. The van der Waals surface area contributed by atoms with E-state index in [1.165, 1.54) is 24.2 Å². The number of hydrogen-bond donors (Lipinski definition) is 1. The van der Waals surface area contributed by atoms with E-state index in [1.807, 2.05) is 18.2 Å². The molecule has 2 aromatic carbocycles. The number of phenolic OH excluding ortho intramolecular Hbond substituents is 1. The number of methoxy groups -OCH3 is 1. The van der Waals surface area contributed by atoms with Gasteiger partial charge in [0.1, 0.15) is 11.5 Å². The van der Waals surface area contributed by atoms with Crippen LogP contribution in [0.5, 0.6) is 11.5 Å². The molecule has 9 nitrogen and oxygen atoms in total. The first-order valence-electron chi connectivity index (χ1n) is 14.4. The number of aromatic hydroxyl groups is 1. The molecule has 1 N–H and O–H groups in total. The maximum atomic E-state index is 14.2. The molecule has 0 aromatic heterocycles. The number of Topliss-reactive ketones (excluding diaryl/α,β-unsaturated/α-hetero) is 1. The highest BCUT2D eigenvalue weighted by molar-refractivity contribution is 9.12. The van der Waals surface area contributed by atoms with Gasteiger partial charge in [-0.1, -0.05) is 17.7 Å². The van der Waals surface area contributed by atoms with E-state index in [0.717, 1.165) is 24.4 Å². The van der Waals surface area contributed by atoms with Crippen molar-refractivity contribution < 1.29 is 33.8 Å². The molecule has 0 bridgehead atoms. The number of hydrogen-bond acceptors (Lipinski definition) is 8. The van der Waals surface area contributed by atoms with Crippen molar-refractivity contribution in [1.29, 1.82) is 0 Å². The van der Waals surface area contributed by atoms with Crippen molar-refractivity contribution in [1.82, 2.24) is 0 Å². The highest BCUT2D eigenvalue weighted by Crippen LogP contribution is 2.57. The van der Waals surface area contributed by atoms with Gasteiger partial charge in [-0.2, -0.15) is 0 Å². The number of anilines is 2. The van der Waals surface area contributed by atoms with Gasteiger partial charge in [-0.05, 0) is 71.1 Å². The van der Waals surface area contributed by atoms with Gasteiger partial charge < -0.3 is 19.5 Å². The van der Waals surface area contributed by atoms with Crippen molar-refractivity contribution in [3.8, 4) is 11.5 Å². The van der Waals surface area contributed by atoms with Gasteiger partial charge in [-0.3, -0.25) is 24.1 Å². The third-order valence-electron chi connectivity index (χ3n) is 9.37. The zero-order chi connectivity index (χ0) is 30.0. The molecular weight excluding hydrogens is 616 g/mol. The van der Waals surface area contributed by atoms with Crippen molar-refractivity contribution in [2.45, 2.75) is 18.8 Å². The van der Waals surface area contributed by atoms with E-state index in [-0.39, 0.29) is 45.6 Å². The minimum atomic E-state index is -0.802. The van der Waals surface area contributed by atoms with Gasteiger partial charge in [0.05, 0.1) is 42.3 Å². The number of carbonyl (C=O) groups is 4. The number of benzene rings is 2. The molecule has 2 saturated heterocycles. The zero-order valence-electron chi connectivity index (χ0n) is 23.4. The van der Waals surface area contributed by atoms with Crippen LogP contribution in [-0.2, 0) is 23.9 Å². The van der Waals surface area contributed by atoms with Crippen LogP contribution in [-0.4, -0.2) is 61.9 Å². The monoisotopic (exact) mass is 644 g/mol. The second-order valence-corrected chi connectivity index (χ2v) is 12.3. The second-order valence-electron chi connectivity index (χ2n) is 11.4. The van der Waals surface area contributed by atoms with Crippen molar-refractivity contribution in [3.63, 3.8) is 0 Å². The molecule has 43 heavy (non-hydrogen) atoms. The Hall–Kier alpha value is -4.02. The smallest absolute Gasteiger partial charge is 0.238 e. The van der Waals surface area contributed by atoms with Gasteiger partial charge in [0.2, 0.25) is 11.8 Å². The average Bonchev–Trinajstić information content (AvgIpc) is 3.28. The van der Waals surface area contributed by atoms with E-state index >= 15 is 0 Å². The van der Waals surface area contributed by atoms with E-state index in [2.05, 4.69) is 20.8 Å². The van der Waals surface area contributed by atoms with Gasteiger partial charge in [-0.25, -0.2) is 0 Å². The average molecular weight is 646 g/mol. The summed E-state index contributed by atoms with van der Waals surface area (Å²) < 4.78 is 11.2. The molecule has 5 aliphatic rings. The molecule has 7 rings (SSSR count). The van der Waals surface area contributed by atoms with Crippen molar-refractivity contribution in [2.24, 2.45) is 17.8 Å². The molecule has 2 amide bonds. The summed E-state index contributed by atoms with van der Waals surface area (Å²) in [5, 5.41) is 11.1. The number of morpholine rings is 1. The summed E-state index contributed by atoms with van der Waals surface area (Å²) >= 11 is 3.24. The van der Waals surface area contributed by atoms with Crippen molar-refractivity contribution in [2.75, 3.05) is 43.2 Å². The number of carbonyl (C=O) groups excluding carboxylic acids is 4. The standard InChI is InChI=1S/C33H29BrN2O7/c1-42-26-4-2-3-24(37)30(26)29-19-9-10-20-27(21(19)15-22-28(29)25(38)16-23(34)31(22)39)33(41)36(32(20)40)18-7-5-17(6-8-18)35-11-13-43-14-12-35/h2-9,16,20-21,27,29,37H,10-15H2,1H3/t20-,21+,27-,29-/m0/s1. The van der Waals surface area contributed by atoms with E-state index in [4.69, 9.17) is 9.47 Å². The van der Waals surface area contributed by atoms with Gasteiger partial charge in [0, 0.05) is 47.5 Å². The van der Waals surface area contributed by atoms with Crippen molar-refractivity contribution >= 4 is 50.7 Å². The maximum absolute atomic E-state index is 14.2. The highest BCUT2D eigenvalue weighted by atomic mass is 79.9. The van der Waals surface area contributed by atoms with Crippen LogP contribution in [0.3, 0.4) is 0 Å². The van der Waals surface area contributed by atoms with E-state index < -0.39 is 23.7 Å². The quantitative estimate of drug-likeness (QED) is 0.299. The lowest BCUT2D eigenvalue weighted by Crippen LogP contribution is -2.39. The van der Waals surface area contributed by atoms with Crippen LogP contribution < -0.4 is 14.5 Å². The maximum Gasteiger partial charge on any atom is 0.238 e. The SMILES string of the molecule is COc1cccc(O)c1[C@H]1C2=CC[C@@H]3C(=O)N(c4ccc(N5CCOCC5)cc4)C(=O)[C@@H]3[C@@H]2CC2=C1C(=O)C=C(Br)C2=O. The predicted octanol–water partition coefficient (Wildman–Crippen LogP) is 4.20. The Morgan fingerprint density at radius 1 is 0.953 bits per heavy atom. The van der Waals surface area contributed by atoms with Crippen LogP contribution in [0.2, 0.25) is 0 Å². The summed E-state index contributed by atoms with van der Waals surface area (Å²) in [6.07, 6.45) is 3.64. The summed E-state index contributed by atoms with van der Waals surface area (Å²) in [6.45, 7) is 2.84. The Morgan fingerprint density at radius 3 is 2.40 bits per heavy atom. The molecule has 0 spiro atoms. The molecule has 2 fully saturated rings. The number of fused-ring (bicyclic) bond motifs is 3. The molecule has 3 aliphatic carbocycles. The van der Waals surface area contributed by atoms with Crippen LogP contribution in [0.4, 0.5) is 11.4 Å². The Labute approximate surface area is 256 Å². The summed E-state index contributed by atoms with van der Waals surface area (Å²) in [4.78, 5) is 58.4. The van der Waals surface area contributed by atoms with Gasteiger partial charge in [-0.15, -0.1) is 0 Å². The number of imide groups is 1. The van der Waals surface area contributed by atoms with Gasteiger partial charge in [0.25, 0.3) is 0 Å². The minimum Gasteiger partial charge on any atom is -0.507 e. The lowest BCUT2D eigenvalue weighted by Gasteiger charge is -2.42. The molecule has 2 aromatic rings. The largest absolute Gasteiger partial charge is 0.507 e. The fourth-order valence-electron chi connectivity index (χ4n) is 7.43. The van der Waals surface area contributed by atoms with Crippen LogP contribution in [0.1, 0.15) is 24.3 Å². The fourth-order valence-corrected chi connectivity index (χ4v) is 7.87.